The Hall–Kier alpha value is -1.66. The van der Waals surface area contributed by atoms with Gasteiger partial charge in [-0.05, 0) is 37.1 Å². The predicted molar refractivity (Wildman–Crippen MR) is 90.3 cm³/mol. The van der Waals surface area contributed by atoms with Crippen LogP contribution in [0.5, 0.6) is 0 Å². The molecule has 2 atom stereocenters. The van der Waals surface area contributed by atoms with E-state index < -0.39 is 0 Å². The molecular formula is C18H26FN3O2. The Morgan fingerprint density at radius 2 is 2.00 bits per heavy atom. The largest absolute Gasteiger partial charge is 0.376 e. The molecule has 3 rings (SSSR count). The van der Waals surface area contributed by atoms with Gasteiger partial charge in [-0.15, -0.1) is 0 Å². The maximum Gasteiger partial charge on any atom is 0.318 e. The van der Waals surface area contributed by atoms with E-state index >= 15 is 0 Å². The van der Waals surface area contributed by atoms with E-state index in [1.165, 1.54) is 12.1 Å². The van der Waals surface area contributed by atoms with Crippen LogP contribution in [0.4, 0.5) is 9.18 Å². The number of likely N-dealkylation sites (N-methyl/N-ethyl adjacent to an activating group) is 1. The number of halogens is 1. The van der Waals surface area contributed by atoms with Gasteiger partial charge in [0.05, 0.1) is 12.1 Å². The molecule has 0 aliphatic carbocycles. The Balaban J connectivity index is 1.67. The highest BCUT2D eigenvalue weighted by Crippen LogP contribution is 2.27. The summed E-state index contributed by atoms with van der Waals surface area (Å²) in [5.74, 6) is -0.271. The average Bonchev–Trinajstić information content (AvgIpc) is 3.15. The highest BCUT2D eigenvalue weighted by Gasteiger charge is 2.30. The van der Waals surface area contributed by atoms with E-state index in [1.807, 2.05) is 4.90 Å². The molecule has 24 heavy (non-hydrogen) atoms. The van der Waals surface area contributed by atoms with Gasteiger partial charge in [0.25, 0.3) is 0 Å². The van der Waals surface area contributed by atoms with Crippen molar-refractivity contribution in [3.63, 3.8) is 0 Å². The molecule has 2 heterocycles. The Morgan fingerprint density at radius 3 is 2.58 bits per heavy atom. The highest BCUT2D eigenvalue weighted by molar-refractivity contribution is 5.75. The number of nitrogens with zero attached hydrogens (tertiary/aromatic N) is 2. The second-order valence-electron chi connectivity index (χ2n) is 6.45. The van der Waals surface area contributed by atoms with Crippen molar-refractivity contribution in [2.45, 2.75) is 31.9 Å². The molecule has 2 unspecified atom stereocenters. The second-order valence-corrected chi connectivity index (χ2v) is 6.45. The SMILES string of the molecule is CCN1CCN(C(=O)NC(c2ccc(F)cc2)C2CCCO2)CC1. The number of piperazine rings is 1. The quantitative estimate of drug-likeness (QED) is 0.919. The molecular weight excluding hydrogens is 309 g/mol. The summed E-state index contributed by atoms with van der Waals surface area (Å²) in [7, 11) is 0. The molecule has 0 saturated carbocycles. The monoisotopic (exact) mass is 335 g/mol. The van der Waals surface area contributed by atoms with Crippen LogP contribution in [0, 0.1) is 5.82 Å². The van der Waals surface area contributed by atoms with E-state index in [4.69, 9.17) is 4.74 Å². The third-order valence-electron chi connectivity index (χ3n) is 4.95. The summed E-state index contributed by atoms with van der Waals surface area (Å²) in [6, 6.07) is 6.04. The summed E-state index contributed by atoms with van der Waals surface area (Å²) in [6.45, 7) is 7.16. The third-order valence-corrected chi connectivity index (χ3v) is 4.95. The number of hydrogen-bond donors (Lipinski definition) is 1. The van der Waals surface area contributed by atoms with E-state index in [9.17, 15) is 9.18 Å². The smallest absolute Gasteiger partial charge is 0.318 e. The summed E-state index contributed by atoms with van der Waals surface area (Å²) in [5, 5.41) is 3.12. The zero-order valence-corrected chi connectivity index (χ0v) is 14.2. The van der Waals surface area contributed by atoms with Crippen LogP contribution in [-0.2, 0) is 4.74 Å². The maximum atomic E-state index is 13.2. The third kappa shape index (κ3) is 4.05. The molecule has 2 fully saturated rings. The van der Waals surface area contributed by atoms with Gasteiger partial charge in [0.15, 0.2) is 0 Å². The fraction of sp³-hybridized carbons (Fsp3) is 0.611. The van der Waals surface area contributed by atoms with Gasteiger partial charge < -0.3 is 19.9 Å². The van der Waals surface area contributed by atoms with Crippen LogP contribution in [0.3, 0.4) is 0 Å². The lowest BCUT2D eigenvalue weighted by molar-refractivity contribution is 0.0754. The zero-order valence-electron chi connectivity index (χ0n) is 14.2. The minimum Gasteiger partial charge on any atom is -0.376 e. The summed E-state index contributed by atoms with van der Waals surface area (Å²) in [5.41, 5.74) is 0.892. The Labute approximate surface area is 142 Å². The van der Waals surface area contributed by atoms with Gasteiger partial charge in [-0.2, -0.15) is 0 Å². The summed E-state index contributed by atoms with van der Waals surface area (Å²) in [4.78, 5) is 16.9. The second kappa shape index (κ2) is 7.94. The molecule has 0 bridgehead atoms. The molecule has 5 nitrogen and oxygen atoms in total. The van der Waals surface area contributed by atoms with E-state index in [0.717, 1.165) is 51.1 Å². The van der Waals surface area contributed by atoms with Crippen molar-refractivity contribution in [3.8, 4) is 0 Å². The summed E-state index contributed by atoms with van der Waals surface area (Å²) < 4.78 is 19.0. The number of urea groups is 1. The number of amides is 2. The molecule has 1 N–H and O–H groups in total. The van der Waals surface area contributed by atoms with E-state index in [0.29, 0.717) is 6.61 Å². The minimum absolute atomic E-state index is 0.0451. The van der Waals surface area contributed by atoms with Crippen molar-refractivity contribution < 1.29 is 13.9 Å². The molecule has 0 radical (unpaired) electrons. The Kier molecular flexibility index (Phi) is 5.68. The van der Waals surface area contributed by atoms with Gasteiger partial charge in [0, 0.05) is 32.8 Å². The van der Waals surface area contributed by atoms with Crippen molar-refractivity contribution in [2.24, 2.45) is 0 Å². The Bertz CT molecular complexity index is 538. The number of benzene rings is 1. The molecule has 132 valence electrons. The molecule has 2 aliphatic rings. The van der Waals surface area contributed by atoms with Gasteiger partial charge >= 0.3 is 6.03 Å². The lowest BCUT2D eigenvalue weighted by atomic mass is 9.99. The van der Waals surface area contributed by atoms with Crippen LogP contribution in [0.25, 0.3) is 0 Å². The molecule has 0 aromatic heterocycles. The summed E-state index contributed by atoms with van der Waals surface area (Å²) >= 11 is 0. The fourth-order valence-corrected chi connectivity index (χ4v) is 3.42. The fourth-order valence-electron chi connectivity index (χ4n) is 3.42. The van der Waals surface area contributed by atoms with Gasteiger partial charge in [-0.25, -0.2) is 9.18 Å². The predicted octanol–water partition coefficient (Wildman–Crippen LogP) is 2.39. The van der Waals surface area contributed by atoms with Crippen molar-refractivity contribution in [1.82, 2.24) is 15.1 Å². The number of nitrogens with one attached hydrogen (secondary N) is 1. The van der Waals surface area contributed by atoms with Crippen molar-refractivity contribution >= 4 is 6.03 Å². The van der Waals surface area contributed by atoms with Gasteiger partial charge in [-0.3, -0.25) is 0 Å². The molecule has 1 aromatic carbocycles. The van der Waals surface area contributed by atoms with Crippen LogP contribution in [0.2, 0.25) is 0 Å². The van der Waals surface area contributed by atoms with Crippen molar-refractivity contribution in [3.05, 3.63) is 35.6 Å². The van der Waals surface area contributed by atoms with Crippen LogP contribution < -0.4 is 5.32 Å². The number of carbonyl (C=O) groups excluding carboxylic acids is 1. The van der Waals surface area contributed by atoms with Gasteiger partial charge in [0.2, 0.25) is 0 Å². The first-order valence-corrected chi connectivity index (χ1v) is 8.82. The first kappa shape index (κ1) is 17.2. The number of rotatable bonds is 4. The number of carbonyl (C=O) groups is 1. The van der Waals surface area contributed by atoms with Gasteiger partial charge in [-0.1, -0.05) is 19.1 Å². The Morgan fingerprint density at radius 1 is 1.29 bits per heavy atom. The minimum atomic E-state index is -0.271. The van der Waals surface area contributed by atoms with Crippen LogP contribution >= 0.6 is 0 Å². The standard InChI is InChI=1S/C18H26FN3O2/c1-2-21-9-11-22(12-10-21)18(23)20-17(16-4-3-13-24-16)14-5-7-15(19)8-6-14/h5-8,16-17H,2-4,9-13H2,1H3,(H,20,23). The molecule has 1 aromatic rings. The molecule has 6 heteroatoms. The molecule has 2 amide bonds. The van der Waals surface area contributed by atoms with Crippen molar-refractivity contribution in [2.75, 3.05) is 39.3 Å². The van der Waals surface area contributed by atoms with Crippen LogP contribution in [-0.4, -0.2) is 61.3 Å². The zero-order chi connectivity index (χ0) is 16.9. The molecule has 2 aliphatic heterocycles. The van der Waals surface area contributed by atoms with Gasteiger partial charge in [0.1, 0.15) is 5.82 Å². The number of hydrogen-bond acceptors (Lipinski definition) is 3. The van der Waals surface area contributed by atoms with E-state index in [2.05, 4.69) is 17.1 Å². The molecule has 0 spiro atoms. The van der Waals surface area contributed by atoms with E-state index in [-0.39, 0.29) is 24.0 Å². The average molecular weight is 335 g/mol. The number of ether oxygens (including phenoxy) is 1. The lowest BCUT2D eigenvalue weighted by Crippen LogP contribution is -2.53. The topological polar surface area (TPSA) is 44.8 Å². The first-order valence-electron chi connectivity index (χ1n) is 8.82. The van der Waals surface area contributed by atoms with E-state index in [1.54, 1.807) is 12.1 Å². The van der Waals surface area contributed by atoms with Crippen molar-refractivity contribution in [1.29, 1.82) is 0 Å². The van der Waals surface area contributed by atoms with Crippen LogP contribution in [0.1, 0.15) is 31.4 Å². The highest BCUT2D eigenvalue weighted by atomic mass is 19.1. The normalized spacial score (nSPS) is 23.2. The summed E-state index contributed by atoms with van der Waals surface area (Å²) in [6.07, 6.45) is 1.86. The lowest BCUT2D eigenvalue weighted by Gasteiger charge is -2.35. The maximum absolute atomic E-state index is 13.2. The molecule has 2 saturated heterocycles. The van der Waals surface area contributed by atoms with Crippen LogP contribution in [0.15, 0.2) is 24.3 Å². The first-order chi connectivity index (χ1) is 11.7.